The maximum absolute atomic E-state index is 6.48. The van der Waals surface area contributed by atoms with Crippen LogP contribution >= 0.6 is 0 Å². The van der Waals surface area contributed by atoms with Crippen molar-refractivity contribution >= 4 is 0 Å². The average Bonchev–Trinajstić information content (AvgIpc) is 3.90. The van der Waals surface area contributed by atoms with Crippen LogP contribution in [0.25, 0.3) is 0 Å². The molecule has 0 bridgehead atoms. The van der Waals surface area contributed by atoms with Crippen molar-refractivity contribution < 1.29 is 18.9 Å². The molecule has 4 aliphatic rings. The van der Waals surface area contributed by atoms with Crippen LogP contribution in [0.5, 0.6) is 0 Å². The lowest BCUT2D eigenvalue weighted by Crippen LogP contribution is -2.51. The van der Waals surface area contributed by atoms with E-state index >= 15 is 0 Å². The van der Waals surface area contributed by atoms with Gasteiger partial charge in [-0.25, -0.2) is 0 Å². The van der Waals surface area contributed by atoms with Gasteiger partial charge in [0.2, 0.25) is 0 Å². The highest BCUT2D eigenvalue weighted by molar-refractivity contribution is 5.25. The Morgan fingerprint density at radius 2 is 1.48 bits per heavy atom. The molecule has 7 nitrogen and oxygen atoms in total. The second-order valence-electron chi connectivity index (χ2n) is 20.9. The van der Waals surface area contributed by atoms with E-state index < -0.39 is 0 Å². The van der Waals surface area contributed by atoms with Gasteiger partial charge in [-0.3, -0.25) is 0 Å². The normalized spacial score (nSPS) is 28.6. The van der Waals surface area contributed by atoms with Crippen molar-refractivity contribution in [2.75, 3.05) is 39.6 Å². The molecule has 4 unspecified atom stereocenters. The summed E-state index contributed by atoms with van der Waals surface area (Å²) in [5.41, 5.74) is 2.64. The Labute approximate surface area is 375 Å². The van der Waals surface area contributed by atoms with Crippen LogP contribution in [-0.2, 0) is 25.5 Å². The SMILES string of the molecule is CCCCC/C=C\C/C=C\CCCCCCCCOCC(Cn1cnnc1)OCCOCCO[C@H]1CC[C@@]2(C)C(=CCC3C2CC[C@@]2(C)C3CC[C@@H]2[C@H](C)CCCC(C)C)C1. The van der Waals surface area contributed by atoms with Gasteiger partial charge < -0.3 is 23.5 Å². The van der Waals surface area contributed by atoms with E-state index in [0.29, 0.717) is 56.5 Å². The average molecular weight is 848 g/mol. The standard InChI is InChI=1S/C54H93N3O4/c1-7-8-9-10-11-12-13-14-15-16-17-18-19-20-21-22-34-59-41-48(40-57-42-55-56-43-57)61-38-36-58-35-37-60-47-30-32-53(5)46(39-47)26-27-49-51-29-28-50(45(4)25-23-24-44(2)3)54(51,6)33-31-52(49)53/h11-12,14-15,26,42-45,47-52H,7-10,13,16-25,27-41H2,1-6H3/b12-11-,15-14-/t45-,47+,48?,49?,50-,51?,52?,53+,54-/m1/s1. The highest BCUT2D eigenvalue weighted by atomic mass is 16.6. The summed E-state index contributed by atoms with van der Waals surface area (Å²) in [5.74, 6) is 5.31. The van der Waals surface area contributed by atoms with Crippen molar-refractivity contribution in [3.8, 4) is 0 Å². The molecule has 61 heavy (non-hydrogen) atoms. The molecule has 1 heterocycles. The second-order valence-corrected chi connectivity index (χ2v) is 20.9. The van der Waals surface area contributed by atoms with Gasteiger partial charge in [0.05, 0.1) is 51.8 Å². The van der Waals surface area contributed by atoms with E-state index in [1.54, 1.807) is 18.2 Å². The molecule has 0 saturated heterocycles. The van der Waals surface area contributed by atoms with E-state index in [1.165, 1.54) is 128 Å². The number of rotatable bonds is 32. The maximum atomic E-state index is 6.48. The van der Waals surface area contributed by atoms with Crippen molar-refractivity contribution in [3.05, 3.63) is 48.6 Å². The van der Waals surface area contributed by atoms with E-state index in [1.807, 2.05) is 4.57 Å². The molecule has 0 N–H and O–H groups in total. The molecule has 0 spiro atoms. The van der Waals surface area contributed by atoms with Crippen molar-refractivity contribution in [1.82, 2.24) is 14.8 Å². The molecule has 4 aliphatic carbocycles. The number of fused-ring (bicyclic) bond motifs is 5. The fraction of sp³-hybridized carbons (Fsp3) is 0.852. The molecule has 3 saturated carbocycles. The Morgan fingerprint density at radius 1 is 0.738 bits per heavy atom. The first-order valence-electron chi connectivity index (χ1n) is 25.9. The molecule has 3 fully saturated rings. The highest BCUT2D eigenvalue weighted by Crippen LogP contribution is 2.67. The number of hydrogen-bond acceptors (Lipinski definition) is 6. The third-order valence-corrected chi connectivity index (χ3v) is 16.1. The lowest BCUT2D eigenvalue weighted by atomic mass is 9.47. The van der Waals surface area contributed by atoms with E-state index in [0.717, 1.165) is 61.4 Å². The van der Waals surface area contributed by atoms with Gasteiger partial charge in [-0.1, -0.05) is 135 Å². The van der Waals surface area contributed by atoms with Crippen molar-refractivity contribution in [2.45, 2.75) is 208 Å². The molecule has 0 aliphatic heterocycles. The summed E-state index contributed by atoms with van der Waals surface area (Å²) in [6, 6.07) is 0. The third kappa shape index (κ3) is 16.0. The summed E-state index contributed by atoms with van der Waals surface area (Å²) in [6.45, 7) is 19.4. The molecule has 0 amide bonds. The predicted octanol–water partition coefficient (Wildman–Crippen LogP) is 13.9. The third-order valence-electron chi connectivity index (χ3n) is 16.1. The van der Waals surface area contributed by atoms with Crippen LogP contribution in [0.2, 0.25) is 0 Å². The first kappa shape index (κ1) is 50.2. The molecular weight excluding hydrogens is 755 g/mol. The summed E-state index contributed by atoms with van der Waals surface area (Å²) in [6.07, 6.45) is 45.8. The first-order chi connectivity index (χ1) is 29.7. The van der Waals surface area contributed by atoms with Gasteiger partial charge in [0.25, 0.3) is 0 Å². The summed E-state index contributed by atoms with van der Waals surface area (Å²) in [4.78, 5) is 0. The molecule has 1 aromatic heterocycles. The molecule has 0 aromatic carbocycles. The van der Waals surface area contributed by atoms with Gasteiger partial charge in [-0.05, 0) is 136 Å². The molecular formula is C54H93N3O4. The van der Waals surface area contributed by atoms with Crippen LogP contribution in [0.15, 0.2) is 48.6 Å². The van der Waals surface area contributed by atoms with Crippen LogP contribution in [0.4, 0.5) is 0 Å². The van der Waals surface area contributed by atoms with Gasteiger partial charge in [0.1, 0.15) is 12.7 Å². The molecule has 1 aromatic rings. The summed E-state index contributed by atoms with van der Waals surface area (Å²) in [7, 11) is 0. The number of unbranched alkanes of at least 4 members (excludes halogenated alkanes) is 9. The number of aromatic nitrogens is 3. The highest BCUT2D eigenvalue weighted by Gasteiger charge is 2.59. The molecule has 348 valence electrons. The van der Waals surface area contributed by atoms with Gasteiger partial charge in [0.15, 0.2) is 0 Å². The Balaban J connectivity index is 0.906. The lowest BCUT2D eigenvalue weighted by Gasteiger charge is -2.58. The summed E-state index contributed by atoms with van der Waals surface area (Å²) in [5, 5.41) is 7.95. The Hall–Kier alpha value is -1.80. The van der Waals surface area contributed by atoms with Crippen LogP contribution in [0, 0.1) is 46.3 Å². The van der Waals surface area contributed by atoms with Crippen LogP contribution in [0.1, 0.15) is 189 Å². The summed E-state index contributed by atoms with van der Waals surface area (Å²) < 4.78 is 26.8. The molecule has 7 heteroatoms. The van der Waals surface area contributed by atoms with E-state index in [-0.39, 0.29) is 6.10 Å². The van der Waals surface area contributed by atoms with Crippen LogP contribution in [-0.4, -0.2) is 66.6 Å². The van der Waals surface area contributed by atoms with Gasteiger partial charge in [-0.15, -0.1) is 10.2 Å². The fourth-order valence-corrected chi connectivity index (χ4v) is 12.6. The topological polar surface area (TPSA) is 67.6 Å². The minimum Gasteiger partial charge on any atom is -0.379 e. The number of ether oxygens (including phenoxy) is 4. The van der Waals surface area contributed by atoms with E-state index in [9.17, 15) is 0 Å². The zero-order chi connectivity index (χ0) is 43.2. The predicted molar refractivity (Wildman–Crippen MR) is 254 cm³/mol. The molecule has 9 atom stereocenters. The van der Waals surface area contributed by atoms with Crippen molar-refractivity contribution in [3.63, 3.8) is 0 Å². The van der Waals surface area contributed by atoms with Crippen molar-refractivity contribution in [1.29, 1.82) is 0 Å². The zero-order valence-electron chi connectivity index (χ0n) is 40.3. The Bertz CT molecular complexity index is 1390. The first-order valence-corrected chi connectivity index (χ1v) is 25.9. The quantitative estimate of drug-likeness (QED) is 0.0531. The Morgan fingerprint density at radius 3 is 2.25 bits per heavy atom. The van der Waals surface area contributed by atoms with Gasteiger partial charge in [-0.2, -0.15) is 0 Å². The fourth-order valence-electron chi connectivity index (χ4n) is 12.6. The number of hydrogen-bond donors (Lipinski definition) is 0. The Kier molecular flexibility index (Phi) is 22.6. The van der Waals surface area contributed by atoms with E-state index in [4.69, 9.17) is 18.9 Å². The minimum absolute atomic E-state index is 0.0588. The minimum atomic E-state index is -0.0588. The van der Waals surface area contributed by atoms with Gasteiger partial charge in [0, 0.05) is 6.61 Å². The zero-order valence-corrected chi connectivity index (χ0v) is 40.3. The smallest absolute Gasteiger partial charge is 0.119 e. The summed E-state index contributed by atoms with van der Waals surface area (Å²) >= 11 is 0. The number of allylic oxidation sites excluding steroid dienone is 5. The lowest BCUT2D eigenvalue weighted by molar-refractivity contribution is -0.0725. The molecule has 0 radical (unpaired) electrons. The monoisotopic (exact) mass is 848 g/mol. The molecule has 5 rings (SSSR count). The van der Waals surface area contributed by atoms with Crippen LogP contribution < -0.4 is 0 Å². The van der Waals surface area contributed by atoms with Crippen LogP contribution in [0.3, 0.4) is 0 Å². The second kappa shape index (κ2) is 27.5. The largest absolute Gasteiger partial charge is 0.379 e. The number of nitrogens with zero attached hydrogens (tertiary/aromatic N) is 3. The maximum Gasteiger partial charge on any atom is 0.119 e. The van der Waals surface area contributed by atoms with Crippen molar-refractivity contribution in [2.24, 2.45) is 46.3 Å². The van der Waals surface area contributed by atoms with E-state index in [2.05, 4.69) is 82.1 Å². The van der Waals surface area contributed by atoms with Gasteiger partial charge >= 0.3 is 0 Å².